The molecule has 1 heterocycles. The number of carboxylic acids is 1. The Balaban J connectivity index is 1.46. The SMILES string of the molecule is CCc1ccc(NC(=O)COc2ccccc2C=C2C(=O)N(c3ccc(C(=O)O)cc3)N=C2C)cc1. The molecule has 0 saturated heterocycles. The molecule has 36 heavy (non-hydrogen) atoms. The number of ether oxygens (including phenoxy) is 1. The molecule has 1 aliphatic heterocycles. The molecule has 0 aromatic heterocycles. The summed E-state index contributed by atoms with van der Waals surface area (Å²) in [6.07, 6.45) is 2.59. The number of hydrogen-bond donors (Lipinski definition) is 2. The second kappa shape index (κ2) is 10.7. The third-order valence-electron chi connectivity index (χ3n) is 5.64. The molecule has 8 heteroatoms. The molecule has 2 N–H and O–H groups in total. The molecule has 8 nitrogen and oxygen atoms in total. The lowest BCUT2D eigenvalue weighted by molar-refractivity contribution is -0.118. The maximum absolute atomic E-state index is 13.1. The van der Waals surface area contributed by atoms with Gasteiger partial charge in [-0.1, -0.05) is 37.3 Å². The molecule has 2 amide bonds. The molecule has 3 aromatic carbocycles. The van der Waals surface area contributed by atoms with Crippen molar-refractivity contribution in [3.63, 3.8) is 0 Å². The van der Waals surface area contributed by atoms with Crippen LogP contribution in [0.3, 0.4) is 0 Å². The Morgan fingerprint density at radius 1 is 1.03 bits per heavy atom. The quantitative estimate of drug-likeness (QED) is 0.449. The first-order valence-electron chi connectivity index (χ1n) is 11.4. The fraction of sp³-hybridized carbons (Fsp3) is 0.143. The van der Waals surface area contributed by atoms with Gasteiger partial charge in [-0.15, -0.1) is 0 Å². The summed E-state index contributed by atoms with van der Waals surface area (Å²) in [5.74, 6) is -1.24. The van der Waals surface area contributed by atoms with Gasteiger partial charge in [0, 0.05) is 11.3 Å². The lowest BCUT2D eigenvalue weighted by Gasteiger charge is -2.12. The zero-order chi connectivity index (χ0) is 25.7. The molecule has 3 aromatic rings. The normalized spacial score (nSPS) is 14.1. The summed E-state index contributed by atoms with van der Waals surface area (Å²) >= 11 is 0. The van der Waals surface area contributed by atoms with E-state index in [-0.39, 0.29) is 24.0 Å². The predicted octanol–water partition coefficient (Wildman–Crippen LogP) is 4.77. The third kappa shape index (κ3) is 5.50. The maximum atomic E-state index is 13.1. The van der Waals surface area contributed by atoms with E-state index in [0.29, 0.717) is 34.0 Å². The van der Waals surface area contributed by atoms with Crippen LogP contribution in [0.4, 0.5) is 11.4 Å². The molecular weight excluding hydrogens is 458 g/mol. The number of nitrogens with one attached hydrogen (secondary N) is 1. The van der Waals surface area contributed by atoms with Crippen molar-refractivity contribution in [1.82, 2.24) is 0 Å². The van der Waals surface area contributed by atoms with Crippen LogP contribution in [0, 0.1) is 0 Å². The van der Waals surface area contributed by atoms with E-state index in [0.717, 1.165) is 6.42 Å². The topological polar surface area (TPSA) is 108 Å². The van der Waals surface area contributed by atoms with Crippen molar-refractivity contribution in [2.75, 3.05) is 16.9 Å². The summed E-state index contributed by atoms with van der Waals surface area (Å²) in [5, 5.41) is 17.5. The average molecular weight is 484 g/mol. The molecule has 0 fully saturated rings. The van der Waals surface area contributed by atoms with Gasteiger partial charge in [0.15, 0.2) is 6.61 Å². The molecule has 0 atom stereocenters. The molecule has 0 saturated carbocycles. The molecule has 0 unspecified atom stereocenters. The molecule has 4 rings (SSSR count). The Labute approximate surface area is 208 Å². The molecular formula is C28H25N3O5. The van der Waals surface area contributed by atoms with Gasteiger partial charge in [-0.3, -0.25) is 9.59 Å². The summed E-state index contributed by atoms with van der Waals surface area (Å²) in [7, 11) is 0. The van der Waals surface area contributed by atoms with Crippen molar-refractivity contribution in [3.8, 4) is 5.75 Å². The number of aryl methyl sites for hydroxylation is 1. The second-order valence-electron chi connectivity index (χ2n) is 8.14. The van der Waals surface area contributed by atoms with E-state index in [1.165, 1.54) is 34.8 Å². The number of nitrogens with zero attached hydrogens (tertiary/aromatic N) is 2. The van der Waals surface area contributed by atoms with Crippen LogP contribution < -0.4 is 15.1 Å². The minimum absolute atomic E-state index is 0.120. The summed E-state index contributed by atoms with van der Waals surface area (Å²) in [6.45, 7) is 3.59. The van der Waals surface area contributed by atoms with Crippen LogP contribution in [-0.2, 0) is 16.0 Å². The van der Waals surface area contributed by atoms with E-state index in [9.17, 15) is 14.4 Å². The standard InChI is InChI=1S/C28H25N3O5/c1-3-19-8-12-22(13-9-19)29-26(32)17-36-25-7-5-4-6-21(25)16-24-18(2)30-31(27(24)33)23-14-10-20(11-15-23)28(34)35/h4-16H,3,17H2,1-2H3,(H,29,32)(H,34,35). The zero-order valence-electron chi connectivity index (χ0n) is 19.9. The van der Waals surface area contributed by atoms with Crippen LogP contribution in [0.25, 0.3) is 6.08 Å². The summed E-state index contributed by atoms with van der Waals surface area (Å²) in [5.41, 5.74) is 3.95. The van der Waals surface area contributed by atoms with Gasteiger partial charge in [0.25, 0.3) is 11.8 Å². The highest BCUT2D eigenvalue weighted by Gasteiger charge is 2.29. The molecule has 1 aliphatic rings. The number of para-hydroxylation sites is 1. The zero-order valence-corrected chi connectivity index (χ0v) is 19.9. The largest absolute Gasteiger partial charge is 0.483 e. The van der Waals surface area contributed by atoms with Gasteiger partial charge in [0.1, 0.15) is 5.75 Å². The number of anilines is 2. The van der Waals surface area contributed by atoms with E-state index in [1.807, 2.05) is 30.3 Å². The van der Waals surface area contributed by atoms with Gasteiger partial charge in [-0.05, 0) is 67.4 Å². The predicted molar refractivity (Wildman–Crippen MR) is 138 cm³/mol. The number of amides is 2. The van der Waals surface area contributed by atoms with Gasteiger partial charge in [-0.2, -0.15) is 10.1 Å². The highest BCUT2D eigenvalue weighted by atomic mass is 16.5. The van der Waals surface area contributed by atoms with Crippen molar-refractivity contribution in [2.45, 2.75) is 20.3 Å². The summed E-state index contributed by atoms with van der Waals surface area (Å²) < 4.78 is 5.77. The van der Waals surface area contributed by atoms with Gasteiger partial charge in [-0.25, -0.2) is 4.79 Å². The van der Waals surface area contributed by atoms with Crippen molar-refractivity contribution in [2.24, 2.45) is 5.10 Å². The molecule has 0 radical (unpaired) electrons. The Morgan fingerprint density at radius 3 is 2.39 bits per heavy atom. The van der Waals surface area contributed by atoms with E-state index in [2.05, 4.69) is 17.3 Å². The Kier molecular flexibility index (Phi) is 7.25. The van der Waals surface area contributed by atoms with Crippen molar-refractivity contribution < 1.29 is 24.2 Å². The number of hydrazone groups is 1. The van der Waals surface area contributed by atoms with Crippen LogP contribution in [-0.4, -0.2) is 35.2 Å². The first-order chi connectivity index (χ1) is 17.4. The van der Waals surface area contributed by atoms with Crippen LogP contribution in [0.1, 0.15) is 35.3 Å². The smallest absolute Gasteiger partial charge is 0.335 e. The van der Waals surface area contributed by atoms with Gasteiger partial charge < -0.3 is 15.2 Å². The monoisotopic (exact) mass is 483 g/mol. The fourth-order valence-corrected chi connectivity index (χ4v) is 3.66. The number of aromatic carboxylic acids is 1. The molecule has 0 spiro atoms. The van der Waals surface area contributed by atoms with E-state index in [4.69, 9.17) is 9.84 Å². The lowest BCUT2D eigenvalue weighted by Crippen LogP contribution is -2.21. The average Bonchev–Trinajstić information content (AvgIpc) is 3.17. The number of benzene rings is 3. The van der Waals surface area contributed by atoms with Crippen molar-refractivity contribution in [3.05, 3.63) is 95.1 Å². The van der Waals surface area contributed by atoms with Crippen LogP contribution >= 0.6 is 0 Å². The van der Waals surface area contributed by atoms with Gasteiger partial charge in [0.05, 0.1) is 22.5 Å². The first kappa shape index (κ1) is 24.4. The van der Waals surface area contributed by atoms with E-state index >= 15 is 0 Å². The van der Waals surface area contributed by atoms with Crippen molar-refractivity contribution in [1.29, 1.82) is 0 Å². The Morgan fingerprint density at radius 2 is 1.72 bits per heavy atom. The Bertz CT molecular complexity index is 1360. The third-order valence-corrected chi connectivity index (χ3v) is 5.64. The number of carboxylic acid groups (broad SMARTS) is 1. The van der Waals surface area contributed by atoms with Gasteiger partial charge in [0.2, 0.25) is 0 Å². The van der Waals surface area contributed by atoms with Crippen LogP contribution in [0.2, 0.25) is 0 Å². The summed E-state index contributed by atoms with van der Waals surface area (Å²) in [4.78, 5) is 36.6. The first-order valence-corrected chi connectivity index (χ1v) is 11.4. The number of carbonyl (C=O) groups is 3. The molecule has 0 aliphatic carbocycles. The van der Waals surface area contributed by atoms with Crippen molar-refractivity contribution >= 4 is 40.9 Å². The number of carbonyl (C=O) groups excluding carboxylic acids is 2. The minimum atomic E-state index is -1.05. The second-order valence-corrected chi connectivity index (χ2v) is 8.14. The van der Waals surface area contributed by atoms with Gasteiger partial charge >= 0.3 is 5.97 Å². The van der Waals surface area contributed by atoms with Crippen LogP contribution in [0.5, 0.6) is 5.75 Å². The van der Waals surface area contributed by atoms with E-state index in [1.54, 1.807) is 31.2 Å². The van der Waals surface area contributed by atoms with E-state index < -0.39 is 5.97 Å². The number of hydrogen-bond acceptors (Lipinski definition) is 5. The lowest BCUT2D eigenvalue weighted by atomic mass is 10.1. The molecule has 182 valence electrons. The maximum Gasteiger partial charge on any atom is 0.335 e. The summed E-state index contributed by atoms with van der Waals surface area (Å²) in [6, 6.07) is 20.6. The minimum Gasteiger partial charge on any atom is -0.483 e. The Hall–Kier alpha value is -4.72. The van der Waals surface area contributed by atoms with Crippen LogP contribution in [0.15, 0.2) is 83.5 Å². The number of rotatable bonds is 8. The highest BCUT2D eigenvalue weighted by Crippen LogP contribution is 2.28. The molecule has 0 bridgehead atoms. The highest BCUT2D eigenvalue weighted by molar-refractivity contribution is 6.32. The fourth-order valence-electron chi connectivity index (χ4n) is 3.66.